The molecule has 1 aromatic rings. The number of piperidine rings is 1. The summed E-state index contributed by atoms with van der Waals surface area (Å²) < 4.78 is 0. The molecule has 0 aromatic carbocycles. The number of anilines is 2. The van der Waals surface area contributed by atoms with Gasteiger partial charge in [0, 0.05) is 19.1 Å². The normalized spacial score (nSPS) is 21.5. The summed E-state index contributed by atoms with van der Waals surface area (Å²) in [5.74, 6) is 2.06. The lowest BCUT2D eigenvalue weighted by Gasteiger charge is -2.27. The summed E-state index contributed by atoms with van der Waals surface area (Å²) in [5, 5.41) is 3.71. The fourth-order valence-electron chi connectivity index (χ4n) is 3.42. The number of aromatic nitrogens is 3. The van der Waals surface area contributed by atoms with Crippen molar-refractivity contribution in [3.63, 3.8) is 0 Å². The van der Waals surface area contributed by atoms with Crippen molar-refractivity contribution in [2.45, 2.75) is 57.9 Å². The molecule has 1 N–H and O–H groups in total. The van der Waals surface area contributed by atoms with Crippen LogP contribution in [0.4, 0.5) is 11.9 Å². The first-order valence-corrected chi connectivity index (χ1v) is 8.53. The van der Waals surface area contributed by atoms with Crippen molar-refractivity contribution in [3.05, 3.63) is 5.28 Å². The van der Waals surface area contributed by atoms with Crippen LogP contribution in [0, 0.1) is 5.92 Å². The molecule has 1 aliphatic carbocycles. The van der Waals surface area contributed by atoms with Crippen LogP contribution in [0.5, 0.6) is 0 Å². The molecule has 2 fully saturated rings. The predicted molar refractivity (Wildman–Crippen MR) is 85.9 cm³/mol. The molecule has 1 unspecified atom stereocenters. The Morgan fingerprint density at radius 3 is 2.48 bits per heavy atom. The maximum atomic E-state index is 6.08. The van der Waals surface area contributed by atoms with Crippen LogP contribution < -0.4 is 10.2 Å². The van der Waals surface area contributed by atoms with Gasteiger partial charge in [0.15, 0.2) is 0 Å². The SMILES string of the molecule is CC(Nc1nc(Cl)nc(N2CCCCC2)n1)C1CCCC1. The van der Waals surface area contributed by atoms with E-state index in [1.54, 1.807) is 0 Å². The highest BCUT2D eigenvalue weighted by Crippen LogP contribution is 2.29. The minimum atomic E-state index is 0.284. The molecule has 6 heteroatoms. The van der Waals surface area contributed by atoms with E-state index < -0.39 is 0 Å². The molecule has 5 nitrogen and oxygen atoms in total. The average molecular weight is 310 g/mol. The second kappa shape index (κ2) is 6.77. The number of hydrogen-bond acceptors (Lipinski definition) is 5. The summed E-state index contributed by atoms with van der Waals surface area (Å²) in [4.78, 5) is 15.3. The summed E-state index contributed by atoms with van der Waals surface area (Å²) in [6, 6.07) is 0.389. The molecule has 0 bridgehead atoms. The summed E-state index contributed by atoms with van der Waals surface area (Å²) in [7, 11) is 0. The number of halogens is 1. The number of rotatable bonds is 4. The van der Waals surface area contributed by atoms with Crippen LogP contribution in [0.25, 0.3) is 0 Å². The van der Waals surface area contributed by atoms with E-state index in [0.717, 1.165) is 25.0 Å². The highest BCUT2D eigenvalue weighted by atomic mass is 35.5. The van der Waals surface area contributed by atoms with Gasteiger partial charge in [-0.25, -0.2) is 0 Å². The van der Waals surface area contributed by atoms with Gasteiger partial charge in [-0.15, -0.1) is 0 Å². The first-order valence-electron chi connectivity index (χ1n) is 8.15. The van der Waals surface area contributed by atoms with Gasteiger partial charge in [-0.1, -0.05) is 12.8 Å². The van der Waals surface area contributed by atoms with E-state index in [1.165, 1.54) is 44.9 Å². The van der Waals surface area contributed by atoms with Crippen molar-refractivity contribution >= 4 is 23.5 Å². The standard InChI is InChI=1S/C15H24ClN5/c1-11(12-7-3-4-8-12)17-14-18-13(16)19-15(20-14)21-9-5-2-6-10-21/h11-12H,2-10H2,1H3,(H,17,18,19,20). The van der Waals surface area contributed by atoms with Gasteiger partial charge >= 0.3 is 0 Å². The van der Waals surface area contributed by atoms with Crippen molar-refractivity contribution in [2.75, 3.05) is 23.3 Å². The molecular formula is C15H24ClN5. The van der Waals surface area contributed by atoms with E-state index in [4.69, 9.17) is 11.6 Å². The van der Waals surface area contributed by atoms with Gasteiger partial charge in [-0.2, -0.15) is 15.0 Å². The zero-order valence-corrected chi connectivity index (χ0v) is 13.4. The third-order valence-corrected chi connectivity index (χ3v) is 4.87. The largest absolute Gasteiger partial charge is 0.351 e. The van der Waals surface area contributed by atoms with Crippen molar-refractivity contribution in [1.82, 2.24) is 15.0 Å². The Morgan fingerprint density at radius 1 is 1.05 bits per heavy atom. The zero-order chi connectivity index (χ0) is 14.7. The van der Waals surface area contributed by atoms with Gasteiger partial charge in [0.05, 0.1) is 0 Å². The van der Waals surface area contributed by atoms with E-state index >= 15 is 0 Å². The fraction of sp³-hybridized carbons (Fsp3) is 0.800. The number of hydrogen-bond donors (Lipinski definition) is 1. The van der Waals surface area contributed by atoms with E-state index in [9.17, 15) is 0 Å². The first kappa shape index (κ1) is 14.8. The monoisotopic (exact) mass is 309 g/mol. The lowest BCUT2D eigenvalue weighted by molar-refractivity contribution is 0.479. The highest BCUT2D eigenvalue weighted by Gasteiger charge is 2.23. The predicted octanol–water partition coefficient (Wildman–Crippen LogP) is 3.51. The lowest BCUT2D eigenvalue weighted by atomic mass is 10.0. The van der Waals surface area contributed by atoms with Gasteiger partial charge in [0.1, 0.15) is 0 Å². The molecule has 2 heterocycles. The molecule has 1 aliphatic heterocycles. The highest BCUT2D eigenvalue weighted by molar-refractivity contribution is 6.28. The van der Waals surface area contributed by atoms with Crippen molar-refractivity contribution in [1.29, 1.82) is 0 Å². The van der Waals surface area contributed by atoms with Crippen molar-refractivity contribution < 1.29 is 0 Å². The summed E-state index contributed by atoms with van der Waals surface area (Å²) in [6.45, 7) is 4.24. The van der Waals surface area contributed by atoms with E-state index in [-0.39, 0.29) is 5.28 Å². The topological polar surface area (TPSA) is 53.9 Å². The number of nitrogens with zero attached hydrogens (tertiary/aromatic N) is 4. The van der Waals surface area contributed by atoms with Crippen LogP contribution in [-0.4, -0.2) is 34.1 Å². The van der Waals surface area contributed by atoms with Crippen LogP contribution in [-0.2, 0) is 0 Å². The molecule has 2 aliphatic rings. The second-order valence-corrected chi connectivity index (χ2v) is 6.59. The van der Waals surface area contributed by atoms with Crippen LogP contribution >= 0.6 is 11.6 Å². The Labute approximate surface area is 131 Å². The van der Waals surface area contributed by atoms with Crippen molar-refractivity contribution in [2.24, 2.45) is 5.92 Å². The molecule has 21 heavy (non-hydrogen) atoms. The fourth-order valence-corrected chi connectivity index (χ4v) is 3.57. The van der Waals surface area contributed by atoms with Gasteiger partial charge in [-0.05, 0) is 56.5 Å². The molecule has 3 rings (SSSR count). The second-order valence-electron chi connectivity index (χ2n) is 6.25. The van der Waals surface area contributed by atoms with Crippen LogP contribution in [0.3, 0.4) is 0 Å². The van der Waals surface area contributed by atoms with E-state index in [2.05, 4.69) is 32.1 Å². The molecule has 0 spiro atoms. The first-order chi connectivity index (χ1) is 10.2. The third kappa shape index (κ3) is 3.76. The van der Waals surface area contributed by atoms with Crippen LogP contribution in [0.15, 0.2) is 0 Å². The molecule has 0 amide bonds. The maximum Gasteiger partial charge on any atom is 0.231 e. The van der Waals surface area contributed by atoms with Gasteiger partial charge in [-0.3, -0.25) is 0 Å². The molecule has 116 valence electrons. The van der Waals surface area contributed by atoms with Crippen molar-refractivity contribution in [3.8, 4) is 0 Å². The van der Waals surface area contributed by atoms with Gasteiger partial charge < -0.3 is 10.2 Å². The zero-order valence-electron chi connectivity index (χ0n) is 12.7. The molecular weight excluding hydrogens is 286 g/mol. The van der Waals surface area contributed by atoms with Crippen LogP contribution in [0.2, 0.25) is 5.28 Å². The Balaban J connectivity index is 1.70. The van der Waals surface area contributed by atoms with Gasteiger partial charge in [0.2, 0.25) is 17.2 Å². The quantitative estimate of drug-likeness (QED) is 0.922. The minimum Gasteiger partial charge on any atom is -0.351 e. The summed E-state index contributed by atoms with van der Waals surface area (Å²) in [5.41, 5.74) is 0. The Kier molecular flexibility index (Phi) is 4.78. The lowest BCUT2D eigenvalue weighted by Crippen LogP contribution is -2.32. The van der Waals surface area contributed by atoms with Gasteiger partial charge in [0.25, 0.3) is 0 Å². The van der Waals surface area contributed by atoms with Crippen LogP contribution in [0.1, 0.15) is 51.9 Å². The Bertz CT molecular complexity index is 469. The Hall–Kier alpha value is -1.10. The number of nitrogens with one attached hydrogen (secondary N) is 1. The molecule has 0 radical (unpaired) electrons. The molecule has 1 saturated heterocycles. The van der Waals surface area contributed by atoms with E-state index in [1.807, 2.05) is 0 Å². The molecule has 1 aromatic heterocycles. The maximum absolute atomic E-state index is 6.08. The molecule has 1 saturated carbocycles. The Morgan fingerprint density at radius 2 is 1.76 bits per heavy atom. The third-order valence-electron chi connectivity index (χ3n) is 4.70. The summed E-state index contributed by atoms with van der Waals surface area (Å²) >= 11 is 6.08. The summed E-state index contributed by atoms with van der Waals surface area (Å²) in [6.07, 6.45) is 8.97. The average Bonchev–Trinajstić information content (AvgIpc) is 3.02. The van der Waals surface area contributed by atoms with E-state index in [0.29, 0.717) is 12.0 Å². The molecule has 1 atom stereocenters. The smallest absolute Gasteiger partial charge is 0.231 e. The minimum absolute atomic E-state index is 0.284.